The van der Waals surface area contributed by atoms with Gasteiger partial charge in [-0.15, -0.1) is 0 Å². The molecule has 0 saturated carbocycles. The van der Waals surface area contributed by atoms with Gasteiger partial charge in [0.1, 0.15) is 6.61 Å². The van der Waals surface area contributed by atoms with E-state index in [1.807, 2.05) is 31.2 Å². The van der Waals surface area contributed by atoms with Gasteiger partial charge in [0.25, 0.3) is 11.8 Å². The highest BCUT2D eigenvalue weighted by atomic mass is 16.5. The first-order valence-corrected chi connectivity index (χ1v) is 7.17. The van der Waals surface area contributed by atoms with Crippen molar-refractivity contribution in [2.24, 2.45) is 0 Å². The third-order valence-corrected chi connectivity index (χ3v) is 3.95. The fourth-order valence-electron chi connectivity index (χ4n) is 2.49. The van der Waals surface area contributed by atoms with Crippen molar-refractivity contribution in [3.05, 3.63) is 70.3 Å². The first kappa shape index (κ1) is 15.0. The Morgan fingerprint density at radius 1 is 1.04 bits per heavy atom. The second-order valence-corrected chi connectivity index (χ2v) is 5.43. The van der Waals surface area contributed by atoms with Crippen molar-refractivity contribution >= 4 is 17.8 Å². The number of hydrogen-bond acceptors (Lipinski definition) is 4. The van der Waals surface area contributed by atoms with Gasteiger partial charge in [-0.05, 0) is 36.2 Å². The van der Waals surface area contributed by atoms with Crippen LogP contribution in [0.25, 0.3) is 0 Å². The summed E-state index contributed by atoms with van der Waals surface area (Å²) in [6.45, 7) is 2.11. The van der Waals surface area contributed by atoms with Crippen molar-refractivity contribution in [3.63, 3.8) is 0 Å². The molecule has 0 bridgehead atoms. The molecule has 2 aromatic rings. The number of carbonyl (C=O) groups is 3. The summed E-state index contributed by atoms with van der Waals surface area (Å²) in [5.41, 5.74) is 2.77. The Morgan fingerprint density at radius 2 is 1.74 bits per heavy atom. The topological polar surface area (TPSA) is 63.7 Å². The molecule has 23 heavy (non-hydrogen) atoms. The molecule has 0 aliphatic carbocycles. The molecule has 0 spiro atoms. The number of ether oxygens (including phenoxy) is 1. The largest absolute Gasteiger partial charge is 0.457 e. The lowest BCUT2D eigenvalue weighted by molar-refractivity contribution is 0.0471. The second kappa shape index (κ2) is 5.68. The SMILES string of the molecule is Cc1ccccc1COC(=O)c1ccc2c(c1)C(=O)N(C)C2=O. The highest BCUT2D eigenvalue weighted by molar-refractivity contribution is 6.21. The minimum Gasteiger partial charge on any atom is -0.457 e. The van der Waals surface area contributed by atoms with Crippen LogP contribution in [0.4, 0.5) is 0 Å². The van der Waals surface area contributed by atoms with Crippen LogP contribution in [-0.2, 0) is 11.3 Å². The van der Waals surface area contributed by atoms with E-state index in [2.05, 4.69) is 0 Å². The summed E-state index contributed by atoms with van der Waals surface area (Å²) < 4.78 is 5.29. The molecule has 5 heteroatoms. The molecule has 116 valence electrons. The van der Waals surface area contributed by atoms with E-state index in [0.717, 1.165) is 16.0 Å². The molecule has 3 rings (SSSR count). The standard InChI is InChI=1S/C18H15NO4/c1-11-5-3-4-6-13(11)10-23-18(22)12-7-8-14-15(9-12)17(21)19(2)16(14)20/h3-9H,10H2,1-2H3. The molecular formula is C18H15NO4. The number of imide groups is 1. The van der Waals surface area contributed by atoms with Gasteiger partial charge in [0.05, 0.1) is 16.7 Å². The molecule has 5 nitrogen and oxygen atoms in total. The Kier molecular flexibility index (Phi) is 3.70. The minimum absolute atomic E-state index is 0.162. The monoisotopic (exact) mass is 309 g/mol. The van der Waals surface area contributed by atoms with E-state index in [1.165, 1.54) is 25.2 Å². The summed E-state index contributed by atoms with van der Waals surface area (Å²) in [7, 11) is 1.42. The molecule has 2 aromatic carbocycles. The predicted molar refractivity (Wildman–Crippen MR) is 83.2 cm³/mol. The maximum Gasteiger partial charge on any atom is 0.338 e. The lowest BCUT2D eigenvalue weighted by Gasteiger charge is -2.08. The van der Waals surface area contributed by atoms with Crippen LogP contribution in [0.2, 0.25) is 0 Å². The van der Waals surface area contributed by atoms with Crippen LogP contribution in [-0.4, -0.2) is 29.7 Å². The van der Waals surface area contributed by atoms with Crippen LogP contribution >= 0.6 is 0 Å². The van der Waals surface area contributed by atoms with Crippen molar-refractivity contribution in [1.82, 2.24) is 4.90 Å². The van der Waals surface area contributed by atoms with Gasteiger partial charge in [0, 0.05) is 7.05 Å². The van der Waals surface area contributed by atoms with E-state index in [-0.39, 0.29) is 23.6 Å². The van der Waals surface area contributed by atoms with Crippen LogP contribution in [0.5, 0.6) is 0 Å². The van der Waals surface area contributed by atoms with Gasteiger partial charge in [0.15, 0.2) is 0 Å². The van der Waals surface area contributed by atoms with Gasteiger partial charge < -0.3 is 4.74 Å². The summed E-state index contributed by atoms with van der Waals surface area (Å²) in [4.78, 5) is 37.0. The molecule has 0 unspecified atom stereocenters. The van der Waals surface area contributed by atoms with Gasteiger partial charge >= 0.3 is 5.97 Å². The Labute approximate surface area is 133 Å². The zero-order chi connectivity index (χ0) is 16.6. The first-order chi connectivity index (χ1) is 11.0. The van der Waals surface area contributed by atoms with Crippen molar-refractivity contribution in [2.75, 3.05) is 7.05 Å². The van der Waals surface area contributed by atoms with Crippen LogP contribution < -0.4 is 0 Å². The number of benzene rings is 2. The molecule has 1 aliphatic heterocycles. The smallest absolute Gasteiger partial charge is 0.338 e. The molecular weight excluding hydrogens is 294 g/mol. The van der Waals surface area contributed by atoms with E-state index in [9.17, 15) is 14.4 Å². The van der Waals surface area contributed by atoms with E-state index in [0.29, 0.717) is 5.56 Å². The van der Waals surface area contributed by atoms with Crippen LogP contribution in [0.3, 0.4) is 0 Å². The highest BCUT2D eigenvalue weighted by Gasteiger charge is 2.33. The van der Waals surface area contributed by atoms with E-state index in [1.54, 1.807) is 0 Å². The summed E-state index contributed by atoms with van der Waals surface area (Å²) in [6.07, 6.45) is 0. The molecule has 0 aromatic heterocycles. The number of fused-ring (bicyclic) bond motifs is 1. The molecule has 2 amide bonds. The van der Waals surface area contributed by atoms with Crippen molar-refractivity contribution in [3.8, 4) is 0 Å². The van der Waals surface area contributed by atoms with E-state index >= 15 is 0 Å². The normalized spacial score (nSPS) is 13.2. The predicted octanol–water partition coefficient (Wildman–Crippen LogP) is 2.58. The van der Waals surface area contributed by atoms with Crippen molar-refractivity contribution < 1.29 is 19.1 Å². The molecule has 0 radical (unpaired) electrons. The quantitative estimate of drug-likeness (QED) is 0.646. The molecule has 0 N–H and O–H groups in total. The maximum absolute atomic E-state index is 12.2. The number of rotatable bonds is 3. The van der Waals surface area contributed by atoms with Crippen LogP contribution in [0, 0.1) is 6.92 Å². The van der Waals surface area contributed by atoms with Crippen LogP contribution in [0.1, 0.15) is 42.2 Å². The highest BCUT2D eigenvalue weighted by Crippen LogP contribution is 2.23. The third-order valence-electron chi connectivity index (χ3n) is 3.95. The Bertz CT molecular complexity index is 826. The first-order valence-electron chi connectivity index (χ1n) is 7.17. The minimum atomic E-state index is -0.522. The number of nitrogens with zero attached hydrogens (tertiary/aromatic N) is 1. The molecule has 0 atom stereocenters. The lowest BCUT2D eigenvalue weighted by Crippen LogP contribution is -2.24. The van der Waals surface area contributed by atoms with Gasteiger partial charge in [-0.2, -0.15) is 0 Å². The summed E-state index contributed by atoms with van der Waals surface area (Å²) in [5.74, 6) is -1.28. The molecule has 0 fully saturated rings. The number of esters is 1. The fraction of sp³-hybridized carbons (Fsp3) is 0.167. The van der Waals surface area contributed by atoms with Gasteiger partial charge in [-0.1, -0.05) is 24.3 Å². The average molecular weight is 309 g/mol. The van der Waals surface area contributed by atoms with Gasteiger partial charge in [-0.3, -0.25) is 14.5 Å². The van der Waals surface area contributed by atoms with E-state index < -0.39 is 11.9 Å². The zero-order valence-electron chi connectivity index (χ0n) is 12.8. The molecule has 0 saturated heterocycles. The molecule has 1 heterocycles. The Morgan fingerprint density at radius 3 is 2.48 bits per heavy atom. The Balaban J connectivity index is 1.78. The Hall–Kier alpha value is -2.95. The van der Waals surface area contributed by atoms with Crippen LogP contribution in [0.15, 0.2) is 42.5 Å². The van der Waals surface area contributed by atoms with Gasteiger partial charge in [-0.25, -0.2) is 4.79 Å². The maximum atomic E-state index is 12.2. The number of hydrogen-bond donors (Lipinski definition) is 0. The number of carbonyl (C=O) groups excluding carboxylic acids is 3. The number of aryl methyl sites for hydroxylation is 1. The fourth-order valence-corrected chi connectivity index (χ4v) is 2.49. The summed E-state index contributed by atoms with van der Waals surface area (Å²) in [6, 6.07) is 12.0. The summed E-state index contributed by atoms with van der Waals surface area (Å²) in [5, 5.41) is 0. The summed E-state index contributed by atoms with van der Waals surface area (Å²) >= 11 is 0. The molecule has 1 aliphatic rings. The van der Waals surface area contributed by atoms with E-state index in [4.69, 9.17) is 4.74 Å². The van der Waals surface area contributed by atoms with Crippen molar-refractivity contribution in [1.29, 1.82) is 0 Å². The number of amides is 2. The zero-order valence-corrected chi connectivity index (χ0v) is 12.8. The van der Waals surface area contributed by atoms with Crippen molar-refractivity contribution in [2.45, 2.75) is 13.5 Å². The van der Waals surface area contributed by atoms with Gasteiger partial charge in [0.2, 0.25) is 0 Å². The average Bonchev–Trinajstić information content (AvgIpc) is 2.78. The third kappa shape index (κ3) is 2.61. The second-order valence-electron chi connectivity index (χ2n) is 5.43. The lowest BCUT2D eigenvalue weighted by atomic mass is 10.1.